The highest BCUT2D eigenvalue weighted by Gasteiger charge is 2.30. The van der Waals surface area contributed by atoms with Crippen LogP contribution in [0.3, 0.4) is 0 Å². The lowest BCUT2D eigenvalue weighted by molar-refractivity contribution is 0.101. The number of methoxy groups -OCH3 is 2. The van der Waals surface area contributed by atoms with Gasteiger partial charge in [-0.05, 0) is 42.5 Å². The maximum absolute atomic E-state index is 13.6. The first-order valence-electron chi connectivity index (χ1n) is 22.5. The fourth-order valence-corrected chi connectivity index (χ4v) is 10.2. The van der Waals surface area contributed by atoms with Crippen LogP contribution in [-0.2, 0) is 0 Å². The number of aromatic nitrogens is 6. The molecule has 2 atom stereocenters. The van der Waals surface area contributed by atoms with Crippen molar-refractivity contribution in [2.75, 3.05) is 98.6 Å². The third-order valence-electron chi connectivity index (χ3n) is 12.0. The van der Waals surface area contributed by atoms with Crippen molar-refractivity contribution in [2.45, 2.75) is 13.0 Å². The minimum atomic E-state index is -0.346. The van der Waals surface area contributed by atoms with Crippen LogP contribution in [0.4, 0.5) is 28.4 Å². The van der Waals surface area contributed by atoms with Crippen LogP contribution in [0.15, 0.2) is 108 Å². The molecule has 2 unspecified atom stereocenters. The van der Waals surface area contributed by atoms with Gasteiger partial charge in [-0.25, -0.2) is 14.6 Å². The van der Waals surface area contributed by atoms with Gasteiger partial charge < -0.3 is 45.3 Å². The lowest BCUT2D eigenvalue weighted by atomic mass is 10.1. The normalized spacial score (nSPS) is 17.1. The van der Waals surface area contributed by atoms with Crippen molar-refractivity contribution in [1.29, 1.82) is 0 Å². The molecule has 2 amide bonds. The van der Waals surface area contributed by atoms with Crippen molar-refractivity contribution < 1.29 is 23.8 Å². The SMILES string of the molecule is COc1ccc(-n2ccc(-c3nc(C(=O)Nc4cnccc4N4CCNC(COc5ccccc5N5CC(C)C(c6nc(C(=O)Nc7cnccc7N7CCNCC7)cs6)=N5)C4)cs3)n2)cc1OC. The highest BCUT2D eigenvalue weighted by molar-refractivity contribution is 7.13. The molecule has 0 saturated carbocycles. The summed E-state index contributed by atoms with van der Waals surface area (Å²) >= 11 is 2.75. The number of para-hydroxylation sites is 2. The summed E-state index contributed by atoms with van der Waals surface area (Å²) in [7, 11) is 3.18. The zero-order chi connectivity index (χ0) is 47.3. The number of hydrogen-bond donors (Lipinski definition) is 4. The summed E-state index contributed by atoms with van der Waals surface area (Å²) < 4.78 is 19.1. The smallest absolute Gasteiger partial charge is 0.275 e. The van der Waals surface area contributed by atoms with E-state index in [1.54, 1.807) is 54.4 Å². The number of pyridine rings is 2. The third-order valence-corrected chi connectivity index (χ3v) is 13.7. The molecule has 69 heavy (non-hydrogen) atoms. The molecule has 3 aliphatic rings. The number of amides is 2. The summed E-state index contributed by atoms with van der Waals surface area (Å²) in [6.07, 6.45) is 8.65. The van der Waals surface area contributed by atoms with E-state index < -0.39 is 0 Å². The Balaban J connectivity index is 0.764. The number of ether oxygens (including phenoxy) is 3. The number of nitrogens with one attached hydrogen (secondary N) is 4. The van der Waals surface area contributed by atoms with Crippen LogP contribution >= 0.6 is 22.7 Å². The Morgan fingerprint density at radius 2 is 1.43 bits per heavy atom. The topological polar surface area (TPSA) is 201 Å². The van der Waals surface area contributed by atoms with Gasteiger partial charge >= 0.3 is 0 Å². The molecule has 5 aromatic heterocycles. The van der Waals surface area contributed by atoms with Crippen molar-refractivity contribution in [2.24, 2.45) is 11.0 Å². The number of rotatable bonds is 15. The molecule has 21 heteroatoms. The largest absolute Gasteiger partial charge is 0.493 e. The number of hydrazone groups is 1. The average Bonchev–Trinajstić information content (AvgIpc) is 4.24. The maximum Gasteiger partial charge on any atom is 0.275 e. The van der Waals surface area contributed by atoms with E-state index in [9.17, 15) is 9.59 Å². The molecule has 2 aromatic carbocycles. The summed E-state index contributed by atoms with van der Waals surface area (Å²) in [5, 5.41) is 29.6. The fraction of sp³-hybridized carbons (Fsp3) is 0.292. The maximum atomic E-state index is 13.6. The van der Waals surface area contributed by atoms with E-state index in [1.807, 2.05) is 71.9 Å². The summed E-state index contributed by atoms with van der Waals surface area (Å²) in [4.78, 5) is 49.6. The fourth-order valence-electron chi connectivity index (χ4n) is 8.50. The predicted molar refractivity (Wildman–Crippen MR) is 268 cm³/mol. The van der Waals surface area contributed by atoms with E-state index in [0.29, 0.717) is 82.8 Å². The Kier molecular flexibility index (Phi) is 13.4. The van der Waals surface area contributed by atoms with Crippen molar-refractivity contribution in [3.05, 3.63) is 119 Å². The van der Waals surface area contributed by atoms with Gasteiger partial charge in [0.1, 0.15) is 50.9 Å². The van der Waals surface area contributed by atoms with Gasteiger partial charge in [0.2, 0.25) is 0 Å². The number of anilines is 5. The molecule has 354 valence electrons. The van der Waals surface area contributed by atoms with Crippen molar-refractivity contribution in [1.82, 2.24) is 40.3 Å². The minimum absolute atomic E-state index is 0.0283. The van der Waals surface area contributed by atoms with E-state index in [2.05, 4.69) is 52.9 Å². The Morgan fingerprint density at radius 3 is 2.17 bits per heavy atom. The summed E-state index contributed by atoms with van der Waals surface area (Å²) in [5.74, 6) is 1.34. The van der Waals surface area contributed by atoms with E-state index in [4.69, 9.17) is 29.4 Å². The third kappa shape index (κ3) is 9.93. The van der Waals surface area contributed by atoms with Gasteiger partial charge in [0.25, 0.3) is 11.8 Å². The van der Waals surface area contributed by atoms with Crippen molar-refractivity contribution >= 4 is 68.6 Å². The van der Waals surface area contributed by atoms with Gasteiger partial charge in [0, 0.05) is 87.1 Å². The summed E-state index contributed by atoms with van der Waals surface area (Å²) in [5.41, 5.74) is 6.73. The molecule has 0 spiro atoms. The van der Waals surface area contributed by atoms with Crippen molar-refractivity contribution in [3.8, 4) is 33.6 Å². The van der Waals surface area contributed by atoms with Crippen LogP contribution in [0, 0.1) is 5.92 Å². The van der Waals surface area contributed by atoms with E-state index in [0.717, 1.165) is 54.6 Å². The highest BCUT2D eigenvalue weighted by Crippen LogP contribution is 2.35. The van der Waals surface area contributed by atoms with Gasteiger partial charge in [0.05, 0.1) is 67.6 Å². The molecule has 19 nitrogen and oxygen atoms in total. The van der Waals surface area contributed by atoms with Gasteiger partial charge in [-0.1, -0.05) is 19.1 Å². The van der Waals surface area contributed by atoms with E-state index in [-0.39, 0.29) is 29.5 Å². The minimum Gasteiger partial charge on any atom is -0.493 e. The second kappa shape index (κ2) is 20.4. The van der Waals surface area contributed by atoms with Gasteiger partial charge in [-0.3, -0.25) is 24.6 Å². The van der Waals surface area contributed by atoms with Crippen LogP contribution in [0.1, 0.15) is 32.9 Å². The first-order chi connectivity index (χ1) is 33.8. The molecule has 0 aliphatic carbocycles. The lowest BCUT2D eigenvalue weighted by Crippen LogP contribution is -2.53. The number of thiazole rings is 2. The lowest BCUT2D eigenvalue weighted by Gasteiger charge is -2.36. The van der Waals surface area contributed by atoms with Crippen LogP contribution in [0.5, 0.6) is 17.2 Å². The average molecular weight is 967 g/mol. The quantitative estimate of drug-likeness (QED) is 0.0947. The number of piperazine rings is 2. The van der Waals surface area contributed by atoms with Crippen LogP contribution in [0.25, 0.3) is 16.4 Å². The summed E-state index contributed by atoms with van der Waals surface area (Å²) in [6.45, 7) is 8.64. The van der Waals surface area contributed by atoms with E-state index in [1.165, 1.54) is 22.7 Å². The molecular weight excluding hydrogens is 917 g/mol. The molecule has 0 radical (unpaired) electrons. The molecule has 10 rings (SSSR count). The number of carbonyl (C=O) groups excluding carboxylic acids is 2. The number of carbonyl (C=O) groups is 2. The molecular formula is C48H50N14O5S2. The summed E-state index contributed by atoms with van der Waals surface area (Å²) in [6, 6.07) is 19.1. The molecule has 3 aliphatic heterocycles. The second-order valence-electron chi connectivity index (χ2n) is 16.5. The standard InChI is InChI=1S/C48H50N14O5S2/c1-30-25-62(58-44(30)48-56-37(29-69-48)46(64)53-34-23-50-13-10-38(34)59-19-15-49-16-20-59)40-6-4-5-7-41(40)67-27-31-26-60(21-17-52-31)39-11-14-51-24-35(39)54-45(63)36-28-68-47(55-36)33-12-18-61(57-33)32-8-9-42(65-2)43(22-32)66-3/h4-14,18,22-24,28-31,49,52H,15-17,19-21,25-27H2,1-3H3,(H,53,64)(H,54,63). The Labute approximate surface area is 406 Å². The molecule has 2 saturated heterocycles. The highest BCUT2D eigenvalue weighted by atomic mass is 32.1. The molecule has 8 heterocycles. The zero-order valence-corrected chi connectivity index (χ0v) is 39.8. The van der Waals surface area contributed by atoms with Gasteiger partial charge in [-0.15, -0.1) is 22.7 Å². The Morgan fingerprint density at radius 1 is 0.754 bits per heavy atom. The first kappa shape index (κ1) is 45.3. The van der Waals surface area contributed by atoms with Gasteiger partial charge in [-0.2, -0.15) is 10.2 Å². The monoisotopic (exact) mass is 966 g/mol. The van der Waals surface area contributed by atoms with Crippen LogP contribution in [-0.4, -0.2) is 126 Å². The molecule has 4 N–H and O–H groups in total. The van der Waals surface area contributed by atoms with Gasteiger partial charge in [0.15, 0.2) is 11.5 Å². The first-order valence-corrected chi connectivity index (χ1v) is 24.3. The Hall–Kier alpha value is -7.46. The molecule has 7 aromatic rings. The number of nitrogens with zero attached hydrogens (tertiary/aromatic N) is 10. The second-order valence-corrected chi connectivity index (χ2v) is 18.3. The van der Waals surface area contributed by atoms with E-state index >= 15 is 0 Å². The number of benzene rings is 2. The predicted octanol–water partition coefficient (Wildman–Crippen LogP) is 5.89. The van der Waals surface area contributed by atoms with Crippen molar-refractivity contribution in [3.63, 3.8) is 0 Å². The Bertz CT molecular complexity index is 2990. The molecule has 0 bridgehead atoms. The zero-order valence-electron chi connectivity index (χ0n) is 38.2. The van der Waals surface area contributed by atoms with Crippen LogP contribution in [0.2, 0.25) is 0 Å². The molecule has 2 fully saturated rings. The van der Waals surface area contributed by atoms with Crippen LogP contribution < -0.4 is 50.3 Å². The number of hydrogen-bond acceptors (Lipinski definition) is 18.